The Morgan fingerprint density at radius 1 is 1.30 bits per heavy atom. The molecule has 6 nitrogen and oxygen atoms in total. The Labute approximate surface area is 120 Å². The van der Waals surface area contributed by atoms with Crippen LogP contribution in [0.2, 0.25) is 0 Å². The summed E-state index contributed by atoms with van der Waals surface area (Å²) in [4.78, 5) is 4.48. The van der Waals surface area contributed by atoms with Crippen molar-refractivity contribution >= 4 is 22.8 Å². The molecule has 2 aromatic rings. The van der Waals surface area contributed by atoms with Crippen molar-refractivity contribution in [2.75, 3.05) is 12.9 Å². The molecule has 2 heterocycles. The molecule has 0 saturated carbocycles. The van der Waals surface area contributed by atoms with E-state index in [1.165, 1.54) is 11.8 Å². The molecule has 3 N–H and O–H groups in total. The molecule has 0 aliphatic carbocycles. The lowest BCUT2D eigenvalue weighted by atomic mass is 10.1. The zero-order valence-corrected chi connectivity index (χ0v) is 11.7. The monoisotopic (exact) mass is 296 g/mol. The van der Waals surface area contributed by atoms with Crippen LogP contribution >= 0.6 is 11.8 Å². The highest BCUT2D eigenvalue weighted by Crippen LogP contribution is 2.35. The summed E-state index contributed by atoms with van der Waals surface area (Å²) in [7, 11) is 0. The van der Waals surface area contributed by atoms with E-state index in [0.29, 0.717) is 5.16 Å². The topological polar surface area (TPSA) is 87.7 Å². The molecule has 3 rings (SSSR count). The maximum Gasteiger partial charge on any atom is 0.170 e. The van der Waals surface area contributed by atoms with E-state index in [2.05, 4.69) is 4.98 Å². The molecule has 1 fully saturated rings. The number of para-hydroxylation sites is 2. The Morgan fingerprint density at radius 3 is 2.70 bits per heavy atom. The van der Waals surface area contributed by atoms with E-state index in [9.17, 15) is 15.3 Å². The predicted molar refractivity (Wildman–Crippen MR) is 74.5 cm³/mol. The Hall–Kier alpha value is -1.12. The van der Waals surface area contributed by atoms with Gasteiger partial charge in [-0.3, -0.25) is 4.57 Å². The summed E-state index contributed by atoms with van der Waals surface area (Å²) in [5.41, 5.74) is 1.63. The summed E-state index contributed by atoms with van der Waals surface area (Å²) < 4.78 is 7.36. The van der Waals surface area contributed by atoms with E-state index < -0.39 is 24.5 Å². The number of aromatic nitrogens is 2. The summed E-state index contributed by atoms with van der Waals surface area (Å²) >= 11 is 1.44. The molecule has 1 saturated heterocycles. The van der Waals surface area contributed by atoms with E-state index in [1.54, 1.807) is 4.57 Å². The number of ether oxygens (including phenoxy) is 1. The number of aliphatic hydroxyl groups is 3. The second-order valence-corrected chi connectivity index (χ2v) is 5.46. The molecule has 0 spiro atoms. The van der Waals surface area contributed by atoms with Gasteiger partial charge in [0.25, 0.3) is 0 Å². The number of benzene rings is 1. The van der Waals surface area contributed by atoms with Crippen molar-refractivity contribution in [3.63, 3.8) is 0 Å². The number of fused-ring (bicyclic) bond motifs is 1. The predicted octanol–water partition coefficient (Wildman–Crippen LogP) is 0.370. The number of nitrogens with zero attached hydrogens (tertiary/aromatic N) is 2. The van der Waals surface area contributed by atoms with Crippen LogP contribution in [0.25, 0.3) is 11.0 Å². The van der Waals surface area contributed by atoms with Gasteiger partial charge in [-0.2, -0.15) is 0 Å². The lowest BCUT2D eigenvalue weighted by Gasteiger charge is -2.19. The summed E-state index contributed by atoms with van der Waals surface area (Å²) in [5, 5.41) is 29.9. The molecule has 1 aliphatic heterocycles. The Bertz CT molecular complexity index is 617. The van der Waals surface area contributed by atoms with Crippen LogP contribution in [-0.2, 0) is 4.74 Å². The van der Waals surface area contributed by atoms with Crippen molar-refractivity contribution in [2.45, 2.75) is 29.7 Å². The molecule has 0 radical (unpaired) electrons. The fraction of sp³-hybridized carbons (Fsp3) is 0.462. The van der Waals surface area contributed by atoms with Gasteiger partial charge in [-0.1, -0.05) is 23.9 Å². The highest BCUT2D eigenvalue weighted by molar-refractivity contribution is 7.98. The Kier molecular flexibility index (Phi) is 3.70. The fourth-order valence-electron chi connectivity index (χ4n) is 2.51. The molecule has 1 aromatic heterocycles. The molecule has 20 heavy (non-hydrogen) atoms. The molecular formula is C13H16N2O4S. The molecule has 7 heteroatoms. The number of imidazole rings is 1. The Morgan fingerprint density at radius 2 is 2.05 bits per heavy atom. The lowest BCUT2D eigenvalue weighted by Crippen LogP contribution is -2.33. The number of aliphatic hydroxyl groups excluding tert-OH is 3. The van der Waals surface area contributed by atoms with Crippen molar-refractivity contribution in [2.24, 2.45) is 0 Å². The van der Waals surface area contributed by atoms with Crippen molar-refractivity contribution < 1.29 is 20.1 Å². The lowest BCUT2D eigenvalue weighted by molar-refractivity contribution is -0.0545. The molecule has 108 valence electrons. The number of thioether (sulfide) groups is 1. The number of rotatable bonds is 3. The molecule has 1 aliphatic rings. The SMILES string of the molecule is CSc1nc2ccccc2n1C1OC(CO)C(O)C1O. The van der Waals surface area contributed by atoms with Crippen LogP contribution in [-0.4, -0.2) is 56.0 Å². The third-order valence-electron chi connectivity index (χ3n) is 3.52. The highest BCUT2D eigenvalue weighted by atomic mass is 32.2. The number of hydrogen-bond donors (Lipinski definition) is 3. The van der Waals surface area contributed by atoms with Crippen LogP contribution in [0.15, 0.2) is 29.4 Å². The fourth-order valence-corrected chi connectivity index (χ4v) is 3.09. The minimum Gasteiger partial charge on any atom is -0.394 e. The van der Waals surface area contributed by atoms with Crippen LogP contribution in [0.4, 0.5) is 0 Å². The largest absolute Gasteiger partial charge is 0.394 e. The van der Waals surface area contributed by atoms with Crippen LogP contribution < -0.4 is 0 Å². The third kappa shape index (κ3) is 2.02. The Balaban J connectivity index is 2.10. The van der Waals surface area contributed by atoms with Gasteiger partial charge in [-0.15, -0.1) is 0 Å². The average molecular weight is 296 g/mol. The van der Waals surface area contributed by atoms with Gasteiger partial charge in [0.1, 0.15) is 18.3 Å². The quantitative estimate of drug-likeness (QED) is 0.709. The molecule has 1 aromatic carbocycles. The van der Waals surface area contributed by atoms with E-state index in [1.807, 2.05) is 30.5 Å². The first-order valence-corrected chi connectivity index (χ1v) is 7.53. The van der Waals surface area contributed by atoms with E-state index in [0.717, 1.165) is 11.0 Å². The molecule has 4 unspecified atom stereocenters. The maximum atomic E-state index is 10.2. The molecule has 0 bridgehead atoms. The van der Waals surface area contributed by atoms with E-state index >= 15 is 0 Å². The van der Waals surface area contributed by atoms with Gasteiger partial charge in [0.15, 0.2) is 11.4 Å². The van der Waals surface area contributed by atoms with Crippen molar-refractivity contribution in [1.29, 1.82) is 0 Å². The zero-order valence-electron chi connectivity index (χ0n) is 10.9. The van der Waals surface area contributed by atoms with E-state index in [4.69, 9.17) is 4.74 Å². The van der Waals surface area contributed by atoms with Crippen LogP contribution in [0, 0.1) is 0 Å². The summed E-state index contributed by atoms with van der Waals surface area (Å²) in [6.07, 6.45) is -1.86. The van der Waals surface area contributed by atoms with Gasteiger partial charge < -0.3 is 20.1 Å². The van der Waals surface area contributed by atoms with Gasteiger partial charge in [0, 0.05) is 0 Å². The van der Waals surface area contributed by atoms with Crippen LogP contribution in [0.3, 0.4) is 0 Å². The normalized spacial score (nSPS) is 30.2. The zero-order chi connectivity index (χ0) is 14.3. The van der Waals surface area contributed by atoms with Crippen LogP contribution in [0.1, 0.15) is 6.23 Å². The van der Waals surface area contributed by atoms with E-state index in [-0.39, 0.29) is 6.61 Å². The first-order chi connectivity index (χ1) is 9.67. The molecule has 4 atom stereocenters. The van der Waals surface area contributed by atoms with Gasteiger partial charge in [-0.25, -0.2) is 4.98 Å². The molecular weight excluding hydrogens is 280 g/mol. The van der Waals surface area contributed by atoms with Gasteiger partial charge in [-0.05, 0) is 18.4 Å². The second kappa shape index (κ2) is 5.34. The van der Waals surface area contributed by atoms with Gasteiger partial charge in [0.2, 0.25) is 0 Å². The minimum absolute atomic E-state index is 0.337. The summed E-state index contributed by atoms with van der Waals surface area (Å²) in [6.45, 7) is -0.337. The summed E-state index contributed by atoms with van der Waals surface area (Å²) in [6, 6.07) is 7.54. The standard InChI is InChI=1S/C13H16N2O4S/c1-20-13-14-7-4-2-3-5-8(7)15(13)12-11(18)10(17)9(6-16)19-12/h2-5,9-12,16-18H,6H2,1H3. The second-order valence-electron chi connectivity index (χ2n) is 4.69. The van der Waals surface area contributed by atoms with Gasteiger partial charge in [0.05, 0.1) is 17.6 Å². The maximum absolute atomic E-state index is 10.2. The number of hydrogen-bond acceptors (Lipinski definition) is 6. The van der Waals surface area contributed by atoms with Crippen molar-refractivity contribution in [1.82, 2.24) is 9.55 Å². The van der Waals surface area contributed by atoms with Crippen LogP contribution in [0.5, 0.6) is 0 Å². The minimum atomic E-state index is -1.11. The average Bonchev–Trinajstić information content (AvgIpc) is 2.98. The molecule has 0 amide bonds. The third-order valence-corrected chi connectivity index (χ3v) is 4.17. The van der Waals surface area contributed by atoms with Gasteiger partial charge >= 0.3 is 0 Å². The van der Waals surface area contributed by atoms with Crippen molar-refractivity contribution in [3.05, 3.63) is 24.3 Å². The first kappa shape index (κ1) is 13.8. The summed E-state index contributed by atoms with van der Waals surface area (Å²) in [5.74, 6) is 0. The van der Waals surface area contributed by atoms with Crippen molar-refractivity contribution in [3.8, 4) is 0 Å². The first-order valence-electron chi connectivity index (χ1n) is 6.30. The highest BCUT2D eigenvalue weighted by Gasteiger charge is 2.44. The smallest absolute Gasteiger partial charge is 0.170 e.